The second-order valence-corrected chi connectivity index (χ2v) is 2.54. The van der Waals surface area contributed by atoms with Crippen LogP contribution in [0.2, 0.25) is 0 Å². The van der Waals surface area contributed by atoms with Gasteiger partial charge in [0.1, 0.15) is 0 Å². The average molecular weight is 144 g/mol. The minimum Gasteiger partial charge on any atom is -0.342 e. The van der Waals surface area contributed by atoms with Gasteiger partial charge in [-0.3, -0.25) is 4.79 Å². The predicted octanol–water partition coefficient (Wildman–Crippen LogP) is 0.0726. The van der Waals surface area contributed by atoms with Gasteiger partial charge in [0, 0.05) is 26.6 Å². The molecule has 1 N–H and O–H groups in total. The molecule has 0 bridgehead atoms. The van der Waals surface area contributed by atoms with Gasteiger partial charge >= 0.3 is 0 Å². The van der Waals surface area contributed by atoms with Gasteiger partial charge in [-0.25, -0.2) is 0 Å². The number of nitrogens with zero attached hydrogens (tertiary/aromatic N) is 1. The summed E-state index contributed by atoms with van der Waals surface area (Å²) >= 11 is 0. The summed E-state index contributed by atoms with van der Waals surface area (Å²) < 4.78 is 0. The number of likely N-dealkylation sites (N-methyl/N-ethyl adjacent to an activating group) is 2. The van der Waals surface area contributed by atoms with Crippen LogP contribution in [0.5, 0.6) is 0 Å². The van der Waals surface area contributed by atoms with Crippen molar-refractivity contribution in [1.82, 2.24) is 10.2 Å². The van der Waals surface area contributed by atoms with Crippen molar-refractivity contribution in [2.75, 3.05) is 20.6 Å². The van der Waals surface area contributed by atoms with Crippen LogP contribution in [0.1, 0.15) is 13.8 Å². The largest absolute Gasteiger partial charge is 0.342 e. The fourth-order valence-corrected chi connectivity index (χ4v) is 0.743. The van der Waals surface area contributed by atoms with E-state index in [-0.39, 0.29) is 11.9 Å². The van der Waals surface area contributed by atoms with E-state index in [1.54, 1.807) is 11.8 Å². The molecule has 60 valence electrons. The van der Waals surface area contributed by atoms with E-state index in [1.165, 1.54) is 0 Å². The van der Waals surface area contributed by atoms with Crippen LogP contribution in [0, 0.1) is 0 Å². The van der Waals surface area contributed by atoms with Crippen LogP contribution < -0.4 is 5.32 Å². The molecular weight excluding hydrogens is 128 g/mol. The van der Waals surface area contributed by atoms with Crippen LogP contribution in [-0.2, 0) is 4.79 Å². The molecule has 0 aliphatic carbocycles. The van der Waals surface area contributed by atoms with E-state index in [4.69, 9.17) is 0 Å². The monoisotopic (exact) mass is 144 g/mol. The Hall–Kier alpha value is -0.570. The second kappa shape index (κ2) is 4.28. The van der Waals surface area contributed by atoms with Crippen molar-refractivity contribution in [3.63, 3.8) is 0 Å². The highest BCUT2D eigenvalue weighted by Gasteiger charge is 2.09. The van der Waals surface area contributed by atoms with Gasteiger partial charge in [-0.1, -0.05) is 0 Å². The molecule has 0 aromatic rings. The number of rotatable bonds is 3. The zero-order valence-corrected chi connectivity index (χ0v) is 7.14. The molecule has 1 atom stereocenters. The summed E-state index contributed by atoms with van der Waals surface area (Å²) in [5.74, 6) is 0.114. The Morgan fingerprint density at radius 2 is 2.20 bits per heavy atom. The summed E-state index contributed by atoms with van der Waals surface area (Å²) in [6.45, 7) is 4.43. The lowest BCUT2D eigenvalue weighted by molar-refractivity contribution is -0.129. The van der Waals surface area contributed by atoms with E-state index in [9.17, 15) is 4.79 Å². The molecule has 0 aliphatic heterocycles. The van der Waals surface area contributed by atoms with Crippen molar-refractivity contribution < 1.29 is 4.79 Å². The summed E-state index contributed by atoms with van der Waals surface area (Å²) in [5.41, 5.74) is 0. The number of hydrogen-bond acceptors (Lipinski definition) is 2. The molecule has 0 saturated carbocycles. The highest BCUT2D eigenvalue weighted by molar-refractivity contribution is 5.73. The zero-order valence-electron chi connectivity index (χ0n) is 7.14. The van der Waals surface area contributed by atoms with E-state index in [2.05, 4.69) is 5.32 Å². The lowest BCUT2D eigenvalue weighted by atomic mass is 10.3. The zero-order chi connectivity index (χ0) is 8.15. The Morgan fingerprint density at radius 3 is 2.50 bits per heavy atom. The Bertz CT molecular complexity index is 114. The third-order valence-electron chi connectivity index (χ3n) is 1.66. The minimum atomic E-state index is 0.114. The summed E-state index contributed by atoms with van der Waals surface area (Å²) in [6.07, 6.45) is 0. The summed E-state index contributed by atoms with van der Waals surface area (Å²) in [6, 6.07) is 0.280. The molecule has 0 heterocycles. The molecule has 1 amide bonds. The molecule has 3 heteroatoms. The number of hydrogen-bond donors (Lipinski definition) is 1. The fourth-order valence-electron chi connectivity index (χ4n) is 0.743. The van der Waals surface area contributed by atoms with Crippen molar-refractivity contribution in [3.05, 3.63) is 0 Å². The maximum Gasteiger partial charge on any atom is 0.219 e. The first kappa shape index (κ1) is 9.43. The molecule has 0 aromatic heterocycles. The number of nitrogens with one attached hydrogen (secondary N) is 1. The van der Waals surface area contributed by atoms with Crippen LogP contribution in [0.4, 0.5) is 0 Å². The van der Waals surface area contributed by atoms with Crippen molar-refractivity contribution in [3.8, 4) is 0 Å². The average Bonchev–Trinajstić information content (AvgIpc) is 1.87. The third-order valence-corrected chi connectivity index (χ3v) is 1.66. The summed E-state index contributed by atoms with van der Waals surface area (Å²) in [5, 5.41) is 3.01. The van der Waals surface area contributed by atoms with E-state index in [1.807, 2.05) is 21.0 Å². The van der Waals surface area contributed by atoms with E-state index < -0.39 is 0 Å². The molecule has 0 fully saturated rings. The normalized spacial score (nSPS) is 12.8. The Morgan fingerprint density at radius 1 is 1.70 bits per heavy atom. The van der Waals surface area contributed by atoms with Crippen LogP contribution in [0.25, 0.3) is 0 Å². The highest BCUT2D eigenvalue weighted by atomic mass is 16.2. The van der Waals surface area contributed by atoms with Gasteiger partial charge in [-0.2, -0.15) is 0 Å². The smallest absolute Gasteiger partial charge is 0.219 e. The van der Waals surface area contributed by atoms with Crippen LogP contribution >= 0.6 is 0 Å². The van der Waals surface area contributed by atoms with Crippen molar-refractivity contribution >= 4 is 5.91 Å². The number of carbonyl (C=O) groups excluding carboxylic acids is 1. The van der Waals surface area contributed by atoms with E-state index >= 15 is 0 Å². The summed E-state index contributed by atoms with van der Waals surface area (Å²) in [7, 11) is 3.69. The van der Waals surface area contributed by atoms with Crippen molar-refractivity contribution in [2.45, 2.75) is 19.9 Å². The van der Waals surface area contributed by atoms with Crippen LogP contribution in [-0.4, -0.2) is 37.5 Å². The first-order valence-electron chi connectivity index (χ1n) is 3.47. The predicted molar refractivity (Wildman–Crippen MR) is 41.8 cm³/mol. The van der Waals surface area contributed by atoms with Gasteiger partial charge in [0.25, 0.3) is 0 Å². The van der Waals surface area contributed by atoms with Crippen molar-refractivity contribution in [1.29, 1.82) is 0 Å². The molecule has 0 spiro atoms. The first-order chi connectivity index (χ1) is 4.59. The summed E-state index contributed by atoms with van der Waals surface area (Å²) in [4.78, 5) is 12.5. The first-order valence-corrected chi connectivity index (χ1v) is 3.47. The standard InChI is InChI=1S/C7H16N2O/c1-6(5-8-3)9(4)7(2)10/h6,8H,5H2,1-4H3/t6-/m1/s1. The SMILES string of the molecule is CNC[C@@H](C)N(C)C(C)=O. The second-order valence-electron chi connectivity index (χ2n) is 2.54. The molecule has 0 radical (unpaired) electrons. The van der Waals surface area contributed by atoms with Gasteiger partial charge in [0.2, 0.25) is 5.91 Å². The quantitative estimate of drug-likeness (QED) is 0.608. The van der Waals surface area contributed by atoms with Gasteiger partial charge in [-0.15, -0.1) is 0 Å². The lowest BCUT2D eigenvalue weighted by Crippen LogP contribution is -2.39. The van der Waals surface area contributed by atoms with Gasteiger partial charge < -0.3 is 10.2 Å². The molecule has 0 saturated heterocycles. The Labute approximate surface area is 62.4 Å². The van der Waals surface area contributed by atoms with E-state index in [0.29, 0.717) is 0 Å². The third kappa shape index (κ3) is 2.82. The fraction of sp³-hybridized carbons (Fsp3) is 0.857. The van der Waals surface area contributed by atoms with Crippen molar-refractivity contribution in [2.24, 2.45) is 0 Å². The Kier molecular flexibility index (Phi) is 4.03. The Balaban J connectivity index is 3.69. The maximum atomic E-state index is 10.8. The minimum absolute atomic E-state index is 0.114. The van der Waals surface area contributed by atoms with Gasteiger partial charge in [0.15, 0.2) is 0 Å². The highest BCUT2D eigenvalue weighted by Crippen LogP contribution is 1.92. The topological polar surface area (TPSA) is 32.3 Å². The maximum absolute atomic E-state index is 10.8. The van der Waals surface area contributed by atoms with E-state index in [0.717, 1.165) is 6.54 Å². The van der Waals surface area contributed by atoms with Gasteiger partial charge in [-0.05, 0) is 14.0 Å². The van der Waals surface area contributed by atoms with Crippen LogP contribution in [0.15, 0.2) is 0 Å². The molecular formula is C7H16N2O. The molecule has 10 heavy (non-hydrogen) atoms. The van der Waals surface area contributed by atoms with Crippen LogP contribution in [0.3, 0.4) is 0 Å². The molecule has 3 nitrogen and oxygen atoms in total. The number of amides is 1. The lowest BCUT2D eigenvalue weighted by Gasteiger charge is -2.22. The van der Waals surface area contributed by atoms with Gasteiger partial charge in [0.05, 0.1) is 0 Å². The molecule has 0 rings (SSSR count). The molecule has 0 aromatic carbocycles. The molecule has 0 aliphatic rings. The molecule has 0 unspecified atom stereocenters. The number of carbonyl (C=O) groups is 1.